The molecule has 1 aromatic carbocycles. The molecular formula is C10H13ClN2O3S. The van der Waals surface area contributed by atoms with Crippen molar-refractivity contribution in [1.82, 2.24) is 4.72 Å². The Morgan fingerprint density at radius 3 is 3.00 bits per heavy atom. The molecule has 4 N–H and O–H groups in total. The summed E-state index contributed by atoms with van der Waals surface area (Å²) in [6, 6.07) is 4.57. The summed E-state index contributed by atoms with van der Waals surface area (Å²) in [6.45, 7) is 2.11. The summed E-state index contributed by atoms with van der Waals surface area (Å²) < 4.78 is 16.7. The van der Waals surface area contributed by atoms with Crippen LogP contribution in [0.1, 0.15) is 17.3 Å². The Labute approximate surface area is 109 Å². The molecule has 94 valence electrons. The zero-order valence-corrected chi connectivity index (χ0v) is 10.7. The predicted molar refractivity (Wildman–Crippen MR) is 68.3 cm³/mol. The average Bonchev–Trinajstić information content (AvgIpc) is 2.27. The molecule has 1 amide bonds. The first-order valence-corrected chi connectivity index (χ1v) is 5.97. The lowest BCUT2D eigenvalue weighted by Gasteiger charge is -2.14. The zero-order valence-electron chi connectivity index (χ0n) is 9.14. The van der Waals surface area contributed by atoms with Gasteiger partial charge in [-0.15, -0.1) is 0 Å². The second-order valence-electron chi connectivity index (χ2n) is 3.43. The minimum absolute atomic E-state index is 0.0820. The van der Waals surface area contributed by atoms with E-state index in [0.29, 0.717) is 23.0 Å². The van der Waals surface area contributed by atoms with Crippen molar-refractivity contribution in [1.29, 1.82) is 0 Å². The maximum Gasteiger partial charge on any atom is 0.252 e. The highest BCUT2D eigenvalue weighted by molar-refractivity contribution is 7.91. The molecule has 7 heteroatoms. The molecule has 0 aliphatic heterocycles. The number of nitrogens with two attached hydrogens (primary N) is 1. The van der Waals surface area contributed by atoms with E-state index >= 15 is 0 Å². The van der Waals surface area contributed by atoms with Gasteiger partial charge in [-0.05, 0) is 25.1 Å². The third-order valence-corrected chi connectivity index (χ3v) is 2.69. The highest BCUT2D eigenvalue weighted by atomic mass is 35.5. The molecule has 0 saturated carbocycles. The number of rotatable bonds is 6. The van der Waals surface area contributed by atoms with Gasteiger partial charge < -0.3 is 15.0 Å². The number of halogens is 1. The maximum absolute atomic E-state index is 11.2. The van der Waals surface area contributed by atoms with Crippen molar-refractivity contribution >= 4 is 29.7 Å². The second-order valence-corrected chi connectivity index (χ2v) is 4.28. The smallest absolute Gasteiger partial charge is 0.252 e. The number of benzene rings is 1. The fraction of sp³-hybridized carbons (Fsp3) is 0.300. The maximum atomic E-state index is 11.2. The summed E-state index contributed by atoms with van der Waals surface area (Å²) in [4.78, 5) is 11.2. The van der Waals surface area contributed by atoms with Crippen LogP contribution < -0.4 is 15.2 Å². The molecule has 1 atom stereocenters. The van der Waals surface area contributed by atoms with Gasteiger partial charge in [0.1, 0.15) is 12.4 Å². The van der Waals surface area contributed by atoms with Crippen LogP contribution in [0.3, 0.4) is 0 Å². The van der Waals surface area contributed by atoms with Gasteiger partial charge in [0.25, 0.3) is 5.91 Å². The summed E-state index contributed by atoms with van der Waals surface area (Å²) >= 11 is 6.28. The fourth-order valence-electron chi connectivity index (χ4n) is 1.16. The zero-order chi connectivity index (χ0) is 12.8. The quantitative estimate of drug-likeness (QED) is 0.546. The normalized spacial score (nSPS) is 12.2. The topological polar surface area (TPSA) is 84.6 Å². The summed E-state index contributed by atoms with van der Waals surface area (Å²) in [7, 11) is 0. The third-order valence-electron chi connectivity index (χ3n) is 1.95. The predicted octanol–water partition coefficient (Wildman–Crippen LogP) is 1.92. The minimum Gasteiger partial charge on any atom is -0.491 e. The van der Waals surface area contributed by atoms with Gasteiger partial charge in [0, 0.05) is 5.02 Å². The van der Waals surface area contributed by atoms with Gasteiger partial charge in [-0.2, -0.15) is 0 Å². The summed E-state index contributed by atoms with van der Waals surface area (Å²) in [5.41, 5.74) is 5.45. The van der Waals surface area contributed by atoms with Crippen LogP contribution in [0.2, 0.25) is 5.02 Å². The van der Waals surface area contributed by atoms with Gasteiger partial charge in [0.15, 0.2) is 0 Å². The molecule has 0 saturated heterocycles. The number of carbonyl (C=O) groups excluding carboxylic acids is 1. The molecule has 0 bridgehead atoms. The van der Waals surface area contributed by atoms with Crippen LogP contribution in [0.5, 0.6) is 5.75 Å². The first kappa shape index (κ1) is 14.1. The van der Waals surface area contributed by atoms with Crippen molar-refractivity contribution in [2.45, 2.75) is 13.0 Å². The molecule has 1 unspecified atom stereocenters. The fourth-order valence-corrected chi connectivity index (χ4v) is 1.58. The molecule has 0 aromatic heterocycles. The molecule has 0 fully saturated rings. The van der Waals surface area contributed by atoms with Crippen LogP contribution in [0.25, 0.3) is 0 Å². The molecule has 0 aliphatic rings. The highest BCUT2D eigenvalue weighted by Crippen LogP contribution is 2.22. The number of primary amides is 1. The van der Waals surface area contributed by atoms with Gasteiger partial charge in [-0.1, -0.05) is 11.6 Å². The molecule has 0 spiro atoms. The van der Waals surface area contributed by atoms with E-state index in [1.165, 1.54) is 6.07 Å². The second kappa shape index (κ2) is 6.70. The number of ether oxygens (including phenoxy) is 1. The standard InChI is InChI=1S/C10H13ClN2O3S/c1-6(13-17-15)5-16-9-3-2-7(11)4-8(9)10(12)14/h2-4,6,13,15H,5H2,1H3,(H2,12,14). The van der Waals surface area contributed by atoms with Crippen molar-refractivity contribution < 1.29 is 14.1 Å². The summed E-state index contributed by atoms with van der Waals surface area (Å²) in [6.07, 6.45) is 0. The largest absolute Gasteiger partial charge is 0.491 e. The lowest BCUT2D eigenvalue weighted by Crippen LogP contribution is -2.27. The van der Waals surface area contributed by atoms with E-state index in [-0.39, 0.29) is 18.2 Å². The summed E-state index contributed by atoms with van der Waals surface area (Å²) in [5, 5.41) is 0.420. The van der Waals surface area contributed by atoms with Crippen molar-refractivity contribution in [3.8, 4) is 5.75 Å². The lowest BCUT2D eigenvalue weighted by molar-refractivity contribution is 0.0996. The van der Waals surface area contributed by atoms with E-state index in [1.54, 1.807) is 12.1 Å². The Hall–Kier alpha value is -0.950. The Morgan fingerprint density at radius 2 is 2.41 bits per heavy atom. The van der Waals surface area contributed by atoms with Crippen molar-refractivity contribution in [2.24, 2.45) is 5.73 Å². The van der Waals surface area contributed by atoms with Crippen LogP contribution in [0, 0.1) is 0 Å². The SMILES string of the molecule is CC(COc1ccc(Cl)cc1C(N)=O)NSO. The van der Waals surface area contributed by atoms with E-state index in [9.17, 15) is 4.79 Å². The Balaban J connectivity index is 2.73. The Morgan fingerprint density at radius 1 is 1.71 bits per heavy atom. The van der Waals surface area contributed by atoms with Gasteiger partial charge in [-0.3, -0.25) is 4.79 Å². The monoisotopic (exact) mass is 276 g/mol. The molecule has 0 aliphatic carbocycles. The first-order chi connectivity index (χ1) is 8.04. The molecule has 17 heavy (non-hydrogen) atoms. The van der Waals surface area contributed by atoms with Crippen LogP contribution in [0.15, 0.2) is 18.2 Å². The molecule has 1 aromatic rings. The number of hydrogen-bond donors (Lipinski definition) is 3. The third kappa shape index (κ3) is 4.43. The first-order valence-electron chi connectivity index (χ1n) is 4.82. The van der Waals surface area contributed by atoms with Crippen LogP contribution >= 0.6 is 23.8 Å². The van der Waals surface area contributed by atoms with E-state index in [0.717, 1.165) is 0 Å². The van der Waals surface area contributed by atoms with Crippen LogP contribution in [-0.2, 0) is 0 Å². The number of hydrogen-bond acceptors (Lipinski definition) is 5. The average molecular weight is 277 g/mol. The van der Waals surface area contributed by atoms with Gasteiger partial charge in [0.2, 0.25) is 0 Å². The van der Waals surface area contributed by atoms with Crippen molar-refractivity contribution in [3.63, 3.8) is 0 Å². The molecule has 0 heterocycles. The Kier molecular flexibility index (Phi) is 5.57. The molecule has 5 nitrogen and oxygen atoms in total. The van der Waals surface area contributed by atoms with Crippen molar-refractivity contribution in [2.75, 3.05) is 6.61 Å². The minimum atomic E-state index is -0.598. The number of carbonyl (C=O) groups is 1. The van der Waals surface area contributed by atoms with Gasteiger partial charge in [0.05, 0.1) is 23.8 Å². The van der Waals surface area contributed by atoms with Crippen LogP contribution in [-0.4, -0.2) is 23.1 Å². The van der Waals surface area contributed by atoms with Gasteiger partial charge >= 0.3 is 0 Å². The Bertz CT molecular complexity index is 403. The van der Waals surface area contributed by atoms with Crippen LogP contribution in [0.4, 0.5) is 0 Å². The van der Waals surface area contributed by atoms with E-state index in [4.69, 9.17) is 26.6 Å². The van der Waals surface area contributed by atoms with Crippen molar-refractivity contribution in [3.05, 3.63) is 28.8 Å². The van der Waals surface area contributed by atoms with Gasteiger partial charge in [-0.25, -0.2) is 4.72 Å². The number of nitrogens with one attached hydrogen (secondary N) is 1. The highest BCUT2D eigenvalue weighted by Gasteiger charge is 2.11. The summed E-state index contributed by atoms with van der Waals surface area (Å²) in [5.74, 6) is -0.224. The van der Waals surface area contributed by atoms with E-state index in [1.807, 2.05) is 6.92 Å². The lowest BCUT2D eigenvalue weighted by atomic mass is 10.2. The molecule has 1 rings (SSSR count). The van der Waals surface area contributed by atoms with E-state index in [2.05, 4.69) is 4.72 Å². The van der Waals surface area contributed by atoms with E-state index < -0.39 is 5.91 Å². The number of amides is 1. The molecular weight excluding hydrogens is 264 g/mol. The molecule has 0 radical (unpaired) electrons.